The fourth-order valence-electron chi connectivity index (χ4n) is 1.56. The van der Waals surface area contributed by atoms with Gasteiger partial charge in [0.2, 0.25) is 0 Å². The van der Waals surface area contributed by atoms with Gasteiger partial charge in [0.05, 0.1) is 0 Å². The number of alkyl halides is 2. The lowest BCUT2D eigenvalue weighted by Gasteiger charge is -2.00. The van der Waals surface area contributed by atoms with Gasteiger partial charge in [-0.3, -0.25) is 4.68 Å². The van der Waals surface area contributed by atoms with Crippen molar-refractivity contribution in [3.05, 3.63) is 23.0 Å². The Morgan fingerprint density at radius 3 is 2.88 bits per heavy atom. The molecule has 0 saturated heterocycles. The average molecular weight is 246 g/mol. The molecule has 0 aromatic carbocycles. The van der Waals surface area contributed by atoms with E-state index in [1.807, 2.05) is 6.92 Å². The maximum absolute atomic E-state index is 12.7. The first-order chi connectivity index (χ1) is 7.61. The van der Waals surface area contributed by atoms with Gasteiger partial charge in [0.1, 0.15) is 5.15 Å². The quantitative estimate of drug-likeness (QED) is 0.776. The van der Waals surface area contributed by atoms with E-state index >= 15 is 0 Å². The van der Waals surface area contributed by atoms with Crippen LogP contribution in [-0.4, -0.2) is 14.8 Å². The van der Waals surface area contributed by atoms with Crippen molar-refractivity contribution in [2.24, 2.45) is 0 Å². The molecule has 0 N–H and O–H groups in total. The number of hydrogen-bond acceptors (Lipinski definition) is 2. The van der Waals surface area contributed by atoms with Crippen molar-refractivity contribution in [3.63, 3.8) is 0 Å². The van der Waals surface area contributed by atoms with Crippen molar-refractivity contribution in [2.45, 2.75) is 26.3 Å². The van der Waals surface area contributed by atoms with Crippen LogP contribution in [0.1, 0.15) is 25.3 Å². The van der Waals surface area contributed by atoms with E-state index in [1.165, 1.54) is 6.07 Å². The molecule has 0 aliphatic rings. The molecule has 2 rings (SSSR count). The van der Waals surface area contributed by atoms with Crippen LogP contribution in [0.15, 0.2) is 12.3 Å². The zero-order valence-corrected chi connectivity index (χ0v) is 9.38. The van der Waals surface area contributed by atoms with Gasteiger partial charge >= 0.3 is 0 Å². The maximum atomic E-state index is 12.7. The van der Waals surface area contributed by atoms with Crippen LogP contribution in [0, 0.1) is 0 Å². The largest absolute Gasteiger partial charge is 0.270 e. The van der Waals surface area contributed by atoms with Crippen molar-refractivity contribution >= 4 is 22.6 Å². The number of hydrogen-bond donors (Lipinski definition) is 0. The van der Waals surface area contributed by atoms with Crippen LogP contribution in [0.4, 0.5) is 8.78 Å². The van der Waals surface area contributed by atoms with Crippen LogP contribution < -0.4 is 0 Å². The third-order valence-corrected chi connectivity index (χ3v) is 2.42. The van der Waals surface area contributed by atoms with E-state index in [-0.39, 0.29) is 16.4 Å². The minimum atomic E-state index is -2.57. The van der Waals surface area contributed by atoms with Gasteiger partial charge < -0.3 is 0 Å². The van der Waals surface area contributed by atoms with E-state index in [0.717, 1.165) is 6.42 Å². The molecular weight excluding hydrogens is 236 g/mol. The summed E-state index contributed by atoms with van der Waals surface area (Å²) in [5, 5.41) is 4.51. The monoisotopic (exact) mass is 245 g/mol. The van der Waals surface area contributed by atoms with Gasteiger partial charge in [-0.1, -0.05) is 18.5 Å². The first-order valence-electron chi connectivity index (χ1n) is 4.93. The highest BCUT2D eigenvalue weighted by molar-refractivity contribution is 6.29. The van der Waals surface area contributed by atoms with Crippen molar-refractivity contribution in [1.82, 2.24) is 14.8 Å². The van der Waals surface area contributed by atoms with Crippen molar-refractivity contribution < 1.29 is 8.78 Å². The lowest BCUT2D eigenvalue weighted by Crippen LogP contribution is -1.95. The fourth-order valence-corrected chi connectivity index (χ4v) is 1.76. The maximum Gasteiger partial charge on any atom is 0.264 e. The molecule has 86 valence electrons. The molecular formula is C10H10ClF2N3. The Hall–Kier alpha value is -1.23. The number of pyridine rings is 1. The minimum Gasteiger partial charge on any atom is -0.270 e. The first kappa shape index (κ1) is 11.3. The van der Waals surface area contributed by atoms with Gasteiger partial charge in [0.15, 0.2) is 5.65 Å². The highest BCUT2D eigenvalue weighted by atomic mass is 35.5. The van der Waals surface area contributed by atoms with Gasteiger partial charge in [-0.2, -0.15) is 5.10 Å². The Bertz CT molecular complexity index is 510. The second-order valence-corrected chi connectivity index (χ2v) is 3.85. The molecule has 16 heavy (non-hydrogen) atoms. The van der Waals surface area contributed by atoms with Crippen molar-refractivity contribution in [2.75, 3.05) is 0 Å². The van der Waals surface area contributed by atoms with Gasteiger partial charge in [-0.05, 0) is 12.5 Å². The predicted molar refractivity (Wildman–Crippen MR) is 57.8 cm³/mol. The summed E-state index contributed by atoms with van der Waals surface area (Å²) in [7, 11) is 0. The van der Waals surface area contributed by atoms with E-state index in [4.69, 9.17) is 11.6 Å². The zero-order chi connectivity index (χ0) is 11.7. The minimum absolute atomic E-state index is 0.0459. The van der Waals surface area contributed by atoms with Gasteiger partial charge in [-0.25, -0.2) is 13.8 Å². The third kappa shape index (κ3) is 2.00. The SMILES string of the molecule is CCCn1cc2c(C(F)F)cc(Cl)nc2n1. The topological polar surface area (TPSA) is 30.7 Å². The third-order valence-electron chi connectivity index (χ3n) is 2.23. The van der Waals surface area contributed by atoms with Crippen LogP contribution in [0.5, 0.6) is 0 Å². The second-order valence-electron chi connectivity index (χ2n) is 3.46. The number of halogens is 3. The molecule has 0 unspecified atom stereocenters. The highest BCUT2D eigenvalue weighted by Gasteiger charge is 2.16. The van der Waals surface area contributed by atoms with E-state index in [9.17, 15) is 8.78 Å². The Morgan fingerprint density at radius 2 is 2.25 bits per heavy atom. The molecule has 3 nitrogen and oxygen atoms in total. The Morgan fingerprint density at radius 1 is 1.50 bits per heavy atom. The normalized spacial score (nSPS) is 11.6. The first-order valence-corrected chi connectivity index (χ1v) is 5.31. The summed E-state index contributed by atoms with van der Waals surface area (Å²) in [4.78, 5) is 3.92. The van der Waals surface area contributed by atoms with Crippen molar-refractivity contribution in [3.8, 4) is 0 Å². The Labute approximate surface area is 96.0 Å². The molecule has 0 aliphatic heterocycles. The molecule has 0 radical (unpaired) electrons. The molecule has 2 aromatic rings. The summed E-state index contributed by atoms with van der Waals surface area (Å²) >= 11 is 5.66. The van der Waals surface area contributed by atoms with Crippen molar-refractivity contribution in [1.29, 1.82) is 0 Å². The highest BCUT2D eigenvalue weighted by Crippen LogP contribution is 2.28. The predicted octanol–water partition coefficient (Wildman–Crippen LogP) is 3.43. The van der Waals surface area contributed by atoms with E-state index < -0.39 is 6.43 Å². The average Bonchev–Trinajstić information content (AvgIpc) is 2.59. The van der Waals surface area contributed by atoms with Crippen LogP contribution in [0.3, 0.4) is 0 Å². The molecule has 0 atom stereocenters. The summed E-state index contributed by atoms with van der Waals surface area (Å²) in [6.07, 6.45) is -0.0997. The smallest absolute Gasteiger partial charge is 0.264 e. The Kier molecular flexibility index (Phi) is 3.05. The van der Waals surface area contributed by atoms with Crippen LogP contribution in [0.2, 0.25) is 5.15 Å². The zero-order valence-electron chi connectivity index (χ0n) is 8.62. The molecule has 0 fully saturated rings. The summed E-state index contributed by atoms with van der Waals surface area (Å²) in [6, 6.07) is 1.19. The lowest BCUT2D eigenvalue weighted by atomic mass is 10.2. The standard InChI is InChI=1S/C10H10ClF2N3/c1-2-3-16-5-7-6(9(12)13)4-8(11)14-10(7)15-16/h4-5,9H,2-3H2,1H3. The van der Waals surface area contributed by atoms with Gasteiger partial charge in [-0.15, -0.1) is 0 Å². The van der Waals surface area contributed by atoms with E-state index in [2.05, 4.69) is 10.1 Å². The van der Waals surface area contributed by atoms with Crippen LogP contribution in [-0.2, 0) is 6.54 Å². The molecule has 2 aromatic heterocycles. The summed E-state index contributed by atoms with van der Waals surface area (Å²) in [5.74, 6) is 0. The number of nitrogens with zero attached hydrogens (tertiary/aromatic N) is 3. The van der Waals surface area contributed by atoms with E-state index in [0.29, 0.717) is 11.9 Å². The molecule has 0 aliphatic carbocycles. The molecule has 0 amide bonds. The van der Waals surface area contributed by atoms with Crippen LogP contribution in [0.25, 0.3) is 11.0 Å². The van der Waals surface area contributed by atoms with Gasteiger partial charge in [0.25, 0.3) is 6.43 Å². The molecule has 0 spiro atoms. The van der Waals surface area contributed by atoms with Crippen LogP contribution >= 0.6 is 11.6 Å². The Balaban J connectivity index is 2.60. The molecule has 6 heteroatoms. The second kappa shape index (κ2) is 4.33. The molecule has 2 heterocycles. The summed E-state index contributed by atoms with van der Waals surface area (Å²) in [6.45, 7) is 2.66. The number of aryl methyl sites for hydroxylation is 1. The molecule has 0 bridgehead atoms. The summed E-state index contributed by atoms with van der Waals surface area (Å²) in [5.41, 5.74) is 0.161. The number of rotatable bonds is 3. The number of aromatic nitrogens is 3. The lowest BCUT2D eigenvalue weighted by molar-refractivity contribution is 0.153. The van der Waals surface area contributed by atoms with E-state index in [1.54, 1.807) is 10.9 Å². The van der Waals surface area contributed by atoms with Gasteiger partial charge in [0, 0.05) is 23.7 Å². The summed E-state index contributed by atoms with van der Waals surface area (Å²) < 4.78 is 27.1. The molecule has 0 saturated carbocycles. The number of fused-ring (bicyclic) bond motifs is 1. The fraction of sp³-hybridized carbons (Fsp3) is 0.400.